The third kappa shape index (κ3) is 2.73. The Balaban J connectivity index is 2.09. The zero-order valence-electron chi connectivity index (χ0n) is 11.4. The SMILES string of the molecule is CSc1cc(N)cc2c1ccn2Cc1cccc(Cl)c1Cl. The average molecular weight is 337 g/mol. The molecule has 1 aromatic heterocycles. The number of aromatic nitrogens is 1. The van der Waals surface area contributed by atoms with E-state index in [-0.39, 0.29) is 0 Å². The number of halogens is 2. The summed E-state index contributed by atoms with van der Waals surface area (Å²) in [5.41, 5.74) is 8.87. The van der Waals surface area contributed by atoms with Gasteiger partial charge in [-0.25, -0.2) is 0 Å². The first-order valence-corrected chi connectivity index (χ1v) is 8.43. The van der Waals surface area contributed by atoms with E-state index in [1.54, 1.807) is 17.8 Å². The van der Waals surface area contributed by atoms with Crippen LogP contribution >= 0.6 is 35.0 Å². The summed E-state index contributed by atoms with van der Waals surface area (Å²) in [5.74, 6) is 0. The summed E-state index contributed by atoms with van der Waals surface area (Å²) >= 11 is 14.1. The number of fused-ring (bicyclic) bond motifs is 1. The number of thioether (sulfide) groups is 1. The lowest BCUT2D eigenvalue weighted by Crippen LogP contribution is -1.99. The molecule has 3 aromatic rings. The minimum atomic E-state index is 0.579. The van der Waals surface area contributed by atoms with Gasteiger partial charge in [0.1, 0.15) is 0 Å². The van der Waals surface area contributed by atoms with E-state index in [0.717, 1.165) is 16.8 Å². The summed E-state index contributed by atoms with van der Waals surface area (Å²) in [6.07, 6.45) is 4.11. The molecule has 0 saturated heterocycles. The second kappa shape index (κ2) is 5.84. The van der Waals surface area contributed by atoms with E-state index in [1.807, 2.05) is 24.3 Å². The quantitative estimate of drug-likeness (QED) is 0.519. The topological polar surface area (TPSA) is 30.9 Å². The Hall–Kier alpha value is -1.29. The van der Waals surface area contributed by atoms with Crippen LogP contribution in [0.25, 0.3) is 10.9 Å². The third-order valence-electron chi connectivity index (χ3n) is 3.47. The summed E-state index contributed by atoms with van der Waals surface area (Å²) in [6, 6.07) is 11.8. The first kappa shape index (κ1) is 14.6. The lowest BCUT2D eigenvalue weighted by Gasteiger charge is -2.10. The molecule has 5 heteroatoms. The summed E-state index contributed by atoms with van der Waals surface area (Å²) in [4.78, 5) is 1.18. The molecule has 0 aliphatic heterocycles. The number of benzene rings is 2. The molecule has 0 fully saturated rings. The van der Waals surface area contributed by atoms with Gasteiger partial charge < -0.3 is 10.3 Å². The Bertz CT molecular complexity index is 811. The molecule has 0 aliphatic rings. The number of rotatable bonds is 3. The van der Waals surface area contributed by atoms with Crippen molar-refractivity contribution in [2.75, 3.05) is 12.0 Å². The smallest absolute Gasteiger partial charge is 0.0642 e. The number of hydrogen-bond acceptors (Lipinski definition) is 2. The van der Waals surface area contributed by atoms with Gasteiger partial charge in [0.25, 0.3) is 0 Å². The fourth-order valence-electron chi connectivity index (χ4n) is 2.44. The Morgan fingerprint density at radius 1 is 1.19 bits per heavy atom. The van der Waals surface area contributed by atoms with E-state index in [1.165, 1.54) is 10.3 Å². The van der Waals surface area contributed by atoms with Gasteiger partial charge in [0.15, 0.2) is 0 Å². The molecule has 0 amide bonds. The largest absolute Gasteiger partial charge is 0.399 e. The van der Waals surface area contributed by atoms with Crippen molar-refractivity contribution < 1.29 is 0 Å². The highest BCUT2D eigenvalue weighted by Gasteiger charge is 2.10. The van der Waals surface area contributed by atoms with Gasteiger partial charge in [-0.3, -0.25) is 0 Å². The molecule has 0 radical (unpaired) electrons. The van der Waals surface area contributed by atoms with Crippen LogP contribution in [0.5, 0.6) is 0 Å². The summed E-state index contributed by atoms with van der Waals surface area (Å²) in [7, 11) is 0. The molecule has 3 rings (SSSR count). The van der Waals surface area contributed by atoms with Crippen LogP contribution < -0.4 is 5.73 Å². The average Bonchev–Trinajstić information content (AvgIpc) is 2.86. The van der Waals surface area contributed by atoms with Gasteiger partial charge in [0, 0.05) is 28.7 Å². The predicted octanol–water partition coefficient (Wildman–Crippen LogP) is 5.30. The molecule has 0 atom stereocenters. The maximum Gasteiger partial charge on any atom is 0.0642 e. The molecule has 1 heterocycles. The molecular formula is C16H14Cl2N2S. The zero-order valence-corrected chi connectivity index (χ0v) is 13.8. The van der Waals surface area contributed by atoms with Crippen LogP contribution in [0.15, 0.2) is 47.5 Å². The second-order valence-electron chi connectivity index (χ2n) is 4.81. The highest BCUT2D eigenvalue weighted by Crippen LogP contribution is 2.32. The third-order valence-corrected chi connectivity index (χ3v) is 5.10. The first-order chi connectivity index (χ1) is 10.1. The molecule has 0 spiro atoms. The van der Waals surface area contributed by atoms with Gasteiger partial charge in [-0.05, 0) is 36.1 Å². The molecule has 2 nitrogen and oxygen atoms in total. The summed E-state index contributed by atoms with van der Waals surface area (Å²) in [5, 5.41) is 2.39. The van der Waals surface area contributed by atoms with Gasteiger partial charge in [-0.15, -0.1) is 11.8 Å². The van der Waals surface area contributed by atoms with Crippen LogP contribution in [0.2, 0.25) is 10.0 Å². The van der Waals surface area contributed by atoms with Gasteiger partial charge in [0.05, 0.1) is 15.6 Å². The maximum absolute atomic E-state index is 6.28. The number of nitrogens with zero attached hydrogens (tertiary/aromatic N) is 1. The van der Waals surface area contributed by atoms with E-state index in [9.17, 15) is 0 Å². The molecule has 2 aromatic carbocycles. The first-order valence-electron chi connectivity index (χ1n) is 6.45. The van der Waals surface area contributed by atoms with Crippen LogP contribution in [-0.2, 0) is 6.54 Å². The molecule has 108 valence electrons. The van der Waals surface area contributed by atoms with Crippen molar-refractivity contribution in [3.63, 3.8) is 0 Å². The Morgan fingerprint density at radius 2 is 2.00 bits per heavy atom. The van der Waals surface area contributed by atoms with E-state index in [2.05, 4.69) is 23.1 Å². The van der Waals surface area contributed by atoms with Crippen molar-refractivity contribution in [3.8, 4) is 0 Å². The highest BCUT2D eigenvalue weighted by molar-refractivity contribution is 7.98. The van der Waals surface area contributed by atoms with Crippen LogP contribution in [0.1, 0.15) is 5.56 Å². The van der Waals surface area contributed by atoms with Crippen molar-refractivity contribution in [1.82, 2.24) is 4.57 Å². The normalized spacial score (nSPS) is 11.2. The summed E-state index contributed by atoms with van der Waals surface area (Å²) in [6.45, 7) is 0.667. The monoisotopic (exact) mass is 336 g/mol. The van der Waals surface area contributed by atoms with Gasteiger partial charge in [-0.1, -0.05) is 35.3 Å². The Kier molecular flexibility index (Phi) is 4.07. The highest BCUT2D eigenvalue weighted by atomic mass is 35.5. The van der Waals surface area contributed by atoms with Crippen molar-refractivity contribution in [1.29, 1.82) is 0 Å². The van der Waals surface area contributed by atoms with Crippen molar-refractivity contribution in [2.45, 2.75) is 11.4 Å². The number of nitrogens with two attached hydrogens (primary N) is 1. The molecular weight excluding hydrogens is 323 g/mol. The van der Waals surface area contributed by atoms with E-state index >= 15 is 0 Å². The van der Waals surface area contributed by atoms with Crippen LogP contribution in [-0.4, -0.2) is 10.8 Å². The second-order valence-corrected chi connectivity index (χ2v) is 6.45. The number of hydrogen-bond donors (Lipinski definition) is 1. The lowest BCUT2D eigenvalue weighted by molar-refractivity contribution is 0.837. The molecule has 21 heavy (non-hydrogen) atoms. The standard InChI is InChI=1S/C16H14Cl2N2S/c1-21-15-8-11(19)7-14-12(15)5-6-20(14)9-10-3-2-4-13(17)16(10)18/h2-8H,9,19H2,1H3. The molecule has 0 saturated carbocycles. The fraction of sp³-hybridized carbons (Fsp3) is 0.125. The van der Waals surface area contributed by atoms with Crippen molar-refractivity contribution in [2.24, 2.45) is 0 Å². The minimum Gasteiger partial charge on any atom is -0.399 e. The van der Waals surface area contributed by atoms with Gasteiger partial charge >= 0.3 is 0 Å². The van der Waals surface area contributed by atoms with E-state index in [0.29, 0.717) is 16.6 Å². The number of nitrogen functional groups attached to an aromatic ring is 1. The van der Waals surface area contributed by atoms with Crippen LogP contribution in [0.3, 0.4) is 0 Å². The minimum absolute atomic E-state index is 0.579. The molecule has 0 unspecified atom stereocenters. The molecule has 0 aliphatic carbocycles. The summed E-state index contributed by atoms with van der Waals surface area (Å²) < 4.78 is 2.14. The van der Waals surface area contributed by atoms with Crippen molar-refractivity contribution >= 4 is 51.6 Å². The van der Waals surface area contributed by atoms with Crippen LogP contribution in [0.4, 0.5) is 5.69 Å². The van der Waals surface area contributed by atoms with Gasteiger partial charge in [-0.2, -0.15) is 0 Å². The maximum atomic E-state index is 6.28. The molecule has 2 N–H and O–H groups in total. The van der Waals surface area contributed by atoms with E-state index < -0.39 is 0 Å². The number of anilines is 1. The lowest BCUT2D eigenvalue weighted by atomic mass is 10.2. The molecule has 0 bridgehead atoms. The van der Waals surface area contributed by atoms with Crippen molar-refractivity contribution in [3.05, 3.63) is 58.2 Å². The Labute approximate surface area is 137 Å². The fourth-order valence-corrected chi connectivity index (χ4v) is 3.47. The zero-order chi connectivity index (χ0) is 15.0. The van der Waals surface area contributed by atoms with Crippen LogP contribution in [0, 0.1) is 0 Å². The van der Waals surface area contributed by atoms with E-state index in [4.69, 9.17) is 28.9 Å². The van der Waals surface area contributed by atoms with Gasteiger partial charge in [0.2, 0.25) is 0 Å². The Morgan fingerprint density at radius 3 is 2.76 bits per heavy atom. The predicted molar refractivity (Wildman–Crippen MR) is 93.7 cm³/mol.